The summed E-state index contributed by atoms with van der Waals surface area (Å²) >= 11 is 0. The molecule has 0 aliphatic rings. The predicted molar refractivity (Wildman–Crippen MR) is 45.7 cm³/mol. The van der Waals surface area contributed by atoms with Crippen LogP contribution in [-0.4, -0.2) is 13.0 Å². The Balaban J connectivity index is 0. The molecule has 3 nitrogen and oxygen atoms in total. The molecule has 0 N–H and O–H groups in total. The van der Waals surface area contributed by atoms with Crippen LogP contribution >= 0.6 is 0 Å². The molecule has 1 aromatic carbocycles. The van der Waals surface area contributed by atoms with Gasteiger partial charge in [-0.15, -0.1) is 13.2 Å². The van der Waals surface area contributed by atoms with Crippen LogP contribution in [0.3, 0.4) is 0 Å². The number of rotatable bonds is 1. The van der Waals surface area contributed by atoms with Crippen molar-refractivity contribution >= 4 is 10.1 Å². The molecular formula is C8H9NaO3S. The Labute approximate surface area is 101 Å². The van der Waals surface area contributed by atoms with Crippen molar-refractivity contribution in [1.29, 1.82) is 0 Å². The summed E-state index contributed by atoms with van der Waals surface area (Å²) in [5.41, 5.74) is 0. The number of hydrogen-bond donors (Lipinski definition) is 0. The average molecular weight is 208 g/mol. The molecule has 0 heterocycles. The molecule has 0 bridgehead atoms. The van der Waals surface area contributed by atoms with Gasteiger partial charge in [0.15, 0.2) is 0 Å². The van der Waals surface area contributed by atoms with Crippen molar-refractivity contribution in [2.24, 2.45) is 0 Å². The van der Waals surface area contributed by atoms with E-state index in [-0.39, 0.29) is 34.5 Å². The second-order valence-corrected chi connectivity index (χ2v) is 3.15. The van der Waals surface area contributed by atoms with Crippen molar-refractivity contribution in [3.8, 4) is 0 Å². The molecule has 13 heavy (non-hydrogen) atoms. The smallest absolute Gasteiger partial charge is 0.744 e. The van der Waals surface area contributed by atoms with Crippen LogP contribution in [0, 0.1) is 0 Å². The second kappa shape index (κ2) is 7.29. The van der Waals surface area contributed by atoms with Crippen molar-refractivity contribution in [3.63, 3.8) is 0 Å². The summed E-state index contributed by atoms with van der Waals surface area (Å²) in [6, 6.07) is 7.19. The summed E-state index contributed by atoms with van der Waals surface area (Å²) in [5.74, 6) is 0. The standard InChI is InChI=1S/C6H6O3S.C2H4.Na/c7-10(8,9)6-4-2-1-3-5-6;1-2;/h1-5H,(H,7,8,9);1-2H2;/q;;+1/p-1. The molecule has 0 aliphatic carbocycles. The molecule has 0 aromatic heterocycles. The number of benzene rings is 1. The first-order chi connectivity index (χ1) is 5.61. The van der Waals surface area contributed by atoms with Gasteiger partial charge in [0.1, 0.15) is 10.1 Å². The van der Waals surface area contributed by atoms with Gasteiger partial charge in [-0.05, 0) is 12.1 Å². The first kappa shape index (κ1) is 15.3. The Morgan fingerprint density at radius 1 is 1.08 bits per heavy atom. The minimum atomic E-state index is -4.25. The minimum Gasteiger partial charge on any atom is -0.744 e. The van der Waals surface area contributed by atoms with Gasteiger partial charge in [-0.3, -0.25) is 0 Å². The van der Waals surface area contributed by atoms with Gasteiger partial charge in [0.05, 0.1) is 4.90 Å². The van der Waals surface area contributed by atoms with E-state index in [9.17, 15) is 13.0 Å². The van der Waals surface area contributed by atoms with Gasteiger partial charge in [0, 0.05) is 0 Å². The van der Waals surface area contributed by atoms with E-state index >= 15 is 0 Å². The minimum absolute atomic E-state index is 0. The molecule has 0 aliphatic heterocycles. The molecule has 0 fully saturated rings. The molecule has 0 saturated carbocycles. The van der Waals surface area contributed by atoms with Crippen LogP contribution in [0.25, 0.3) is 0 Å². The Hall–Kier alpha value is -0.130. The Bertz CT molecular complexity index is 321. The van der Waals surface area contributed by atoms with Crippen molar-refractivity contribution in [1.82, 2.24) is 0 Å². The van der Waals surface area contributed by atoms with Crippen LogP contribution in [-0.2, 0) is 10.1 Å². The molecule has 66 valence electrons. The number of hydrogen-bond acceptors (Lipinski definition) is 3. The Morgan fingerprint density at radius 2 is 1.46 bits per heavy atom. The molecule has 0 radical (unpaired) electrons. The normalized spacial score (nSPS) is 9.00. The van der Waals surface area contributed by atoms with Crippen LogP contribution in [0.2, 0.25) is 0 Å². The van der Waals surface area contributed by atoms with Crippen LogP contribution in [0.5, 0.6) is 0 Å². The quantitative estimate of drug-likeness (QED) is 0.317. The SMILES string of the molecule is C=C.O=S(=O)([O-])c1ccccc1.[Na+]. The third-order valence-electron chi connectivity index (χ3n) is 1.03. The van der Waals surface area contributed by atoms with E-state index in [0.717, 1.165) is 0 Å². The molecular weight excluding hydrogens is 199 g/mol. The van der Waals surface area contributed by atoms with Gasteiger partial charge in [0.25, 0.3) is 0 Å². The van der Waals surface area contributed by atoms with Gasteiger partial charge >= 0.3 is 29.6 Å². The zero-order valence-electron chi connectivity index (χ0n) is 7.43. The van der Waals surface area contributed by atoms with Crippen LogP contribution in [0.1, 0.15) is 0 Å². The van der Waals surface area contributed by atoms with Crippen LogP contribution < -0.4 is 29.6 Å². The summed E-state index contributed by atoms with van der Waals surface area (Å²) in [6.45, 7) is 6.00. The summed E-state index contributed by atoms with van der Waals surface area (Å²) in [5, 5.41) is 0. The third kappa shape index (κ3) is 6.01. The average Bonchev–Trinajstić information content (AvgIpc) is 2.08. The predicted octanol–water partition coefficient (Wildman–Crippen LogP) is -1.60. The van der Waals surface area contributed by atoms with Crippen molar-refractivity contribution in [3.05, 3.63) is 43.5 Å². The summed E-state index contributed by atoms with van der Waals surface area (Å²) < 4.78 is 30.8. The van der Waals surface area contributed by atoms with E-state index < -0.39 is 10.1 Å². The van der Waals surface area contributed by atoms with Crippen molar-refractivity contribution < 1.29 is 42.5 Å². The summed E-state index contributed by atoms with van der Waals surface area (Å²) in [6.07, 6.45) is 0. The van der Waals surface area contributed by atoms with E-state index in [1.807, 2.05) is 0 Å². The second-order valence-electron chi connectivity index (χ2n) is 1.77. The van der Waals surface area contributed by atoms with Gasteiger partial charge in [-0.1, -0.05) is 18.2 Å². The fraction of sp³-hybridized carbons (Fsp3) is 0. The maximum Gasteiger partial charge on any atom is 1.00 e. The van der Waals surface area contributed by atoms with Gasteiger partial charge in [-0.2, -0.15) is 0 Å². The van der Waals surface area contributed by atoms with E-state index in [4.69, 9.17) is 0 Å². The Morgan fingerprint density at radius 3 is 1.69 bits per heavy atom. The molecule has 0 saturated heterocycles. The van der Waals surface area contributed by atoms with Gasteiger partial charge in [0.2, 0.25) is 0 Å². The zero-order valence-corrected chi connectivity index (χ0v) is 10.3. The van der Waals surface area contributed by atoms with Crippen molar-refractivity contribution in [2.75, 3.05) is 0 Å². The first-order valence-corrected chi connectivity index (χ1v) is 4.52. The molecule has 5 heteroatoms. The molecule has 1 aromatic rings. The van der Waals surface area contributed by atoms with E-state index in [0.29, 0.717) is 0 Å². The fourth-order valence-corrected chi connectivity index (χ4v) is 1.08. The monoisotopic (exact) mass is 208 g/mol. The topological polar surface area (TPSA) is 57.2 Å². The summed E-state index contributed by atoms with van der Waals surface area (Å²) in [7, 11) is -4.25. The van der Waals surface area contributed by atoms with Crippen molar-refractivity contribution in [2.45, 2.75) is 4.90 Å². The molecule has 0 amide bonds. The molecule has 0 unspecified atom stereocenters. The van der Waals surface area contributed by atoms with E-state index in [2.05, 4.69) is 13.2 Å². The van der Waals surface area contributed by atoms with Gasteiger partial charge in [-0.25, -0.2) is 8.42 Å². The maximum absolute atomic E-state index is 10.3. The maximum atomic E-state index is 10.3. The molecule has 0 atom stereocenters. The van der Waals surface area contributed by atoms with Crippen LogP contribution in [0.15, 0.2) is 48.4 Å². The zero-order chi connectivity index (χ0) is 9.61. The summed E-state index contributed by atoms with van der Waals surface area (Å²) in [4.78, 5) is -0.185. The molecule has 0 spiro atoms. The van der Waals surface area contributed by atoms with Gasteiger partial charge < -0.3 is 4.55 Å². The Kier molecular flexibility index (Phi) is 8.61. The first-order valence-electron chi connectivity index (χ1n) is 3.11. The molecule has 1 rings (SSSR count). The fourth-order valence-electron chi connectivity index (χ4n) is 0.587. The largest absolute Gasteiger partial charge is 1.00 e. The van der Waals surface area contributed by atoms with E-state index in [1.54, 1.807) is 6.07 Å². The van der Waals surface area contributed by atoms with Crippen LogP contribution in [0.4, 0.5) is 0 Å². The van der Waals surface area contributed by atoms with E-state index in [1.165, 1.54) is 24.3 Å². The third-order valence-corrected chi connectivity index (χ3v) is 1.88.